The second kappa shape index (κ2) is 6.71. The molecule has 0 radical (unpaired) electrons. The van der Waals surface area contributed by atoms with Gasteiger partial charge in [-0.2, -0.15) is 0 Å². The Morgan fingerprint density at radius 3 is 2.33 bits per heavy atom. The van der Waals surface area contributed by atoms with E-state index < -0.39 is 0 Å². The zero-order valence-corrected chi connectivity index (χ0v) is 16.4. The Morgan fingerprint density at radius 2 is 1.83 bits per heavy atom. The molecule has 3 saturated carbocycles. The highest BCUT2D eigenvalue weighted by Gasteiger charge is 2.57. The highest BCUT2D eigenvalue weighted by atomic mass is 16.5. The predicted molar refractivity (Wildman–Crippen MR) is 101 cm³/mol. The van der Waals surface area contributed by atoms with Gasteiger partial charge in [-0.1, -0.05) is 46.8 Å². The lowest BCUT2D eigenvalue weighted by atomic mass is 9.44. The van der Waals surface area contributed by atoms with Crippen molar-refractivity contribution in [2.45, 2.75) is 60.0 Å². The second-order valence-corrected chi connectivity index (χ2v) is 9.19. The number of benzene rings is 1. The van der Waals surface area contributed by atoms with Crippen molar-refractivity contribution in [2.75, 3.05) is 13.7 Å². The van der Waals surface area contributed by atoms with Crippen molar-refractivity contribution >= 4 is 0 Å². The van der Waals surface area contributed by atoms with Crippen LogP contribution in [0.25, 0.3) is 0 Å². The van der Waals surface area contributed by atoms with Gasteiger partial charge in [0.2, 0.25) is 0 Å². The molecule has 4 atom stereocenters. The molecule has 0 unspecified atom stereocenters. The van der Waals surface area contributed by atoms with Crippen LogP contribution in [0.15, 0.2) is 24.3 Å². The van der Waals surface area contributed by atoms with Crippen LogP contribution in [0.1, 0.15) is 53.0 Å². The molecular weight excluding hydrogens is 294 g/mol. The highest BCUT2D eigenvalue weighted by molar-refractivity contribution is 5.27. The average molecular weight is 330 g/mol. The standard InChI is InChI=1S/C22H35NO/c1-15(2)13-23(14-17-7-9-19(24-6)10-8-17)21-12-18-11-20(16(21)3)22(18,4)5/h7-10,15-16,18,20-21H,11-14H2,1-6H3/t16-,18+,20-,21-/m1/s1. The molecule has 0 spiro atoms. The van der Waals surface area contributed by atoms with Gasteiger partial charge >= 0.3 is 0 Å². The number of hydrogen-bond donors (Lipinski definition) is 0. The summed E-state index contributed by atoms with van der Waals surface area (Å²) in [7, 11) is 1.73. The summed E-state index contributed by atoms with van der Waals surface area (Å²) in [5.74, 6) is 4.30. The van der Waals surface area contributed by atoms with Crippen molar-refractivity contribution in [3.8, 4) is 5.75 Å². The van der Waals surface area contributed by atoms with Gasteiger partial charge in [-0.05, 0) is 59.6 Å². The molecular formula is C22H35NO. The largest absolute Gasteiger partial charge is 0.497 e. The van der Waals surface area contributed by atoms with Gasteiger partial charge in [-0.25, -0.2) is 0 Å². The molecule has 24 heavy (non-hydrogen) atoms. The molecule has 134 valence electrons. The lowest BCUT2D eigenvalue weighted by Crippen LogP contribution is -2.60. The Morgan fingerprint density at radius 1 is 1.17 bits per heavy atom. The summed E-state index contributed by atoms with van der Waals surface area (Å²) in [6.45, 7) is 14.5. The van der Waals surface area contributed by atoms with Crippen LogP contribution in [-0.2, 0) is 6.54 Å². The third-order valence-electron chi connectivity index (χ3n) is 6.93. The second-order valence-electron chi connectivity index (χ2n) is 9.19. The Bertz CT molecular complexity index is 548. The Balaban J connectivity index is 1.74. The van der Waals surface area contributed by atoms with Gasteiger partial charge in [0.15, 0.2) is 0 Å². The number of nitrogens with zero attached hydrogens (tertiary/aromatic N) is 1. The smallest absolute Gasteiger partial charge is 0.118 e. The first kappa shape index (κ1) is 17.8. The molecule has 3 aliphatic rings. The quantitative estimate of drug-likeness (QED) is 0.709. The minimum Gasteiger partial charge on any atom is -0.497 e. The summed E-state index contributed by atoms with van der Waals surface area (Å²) >= 11 is 0. The minimum absolute atomic E-state index is 0.569. The van der Waals surface area contributed by atoms with Crippen LogP contribution in [0.4, 0.5) is 0 Å². The van der Waals surface area contributed by atoms with Crippen LogP contribution in [0.5, 0.6) is 5.75 Å². The average Bonchev–Trinajstić information content (AvgIpc) is 2.54. The van der Waals surface area contributed by atoms with Crippen molar-refractivity contribution < 1.29 is 4.74 Å². The maximum Gasteiger partial charge on any atom is 0.118 e. The molecule has 2 bridgehead atoms. The van der Waals surface area contributed by atoms with E-state index in [1.165, 1.54) is 24.9 Å². The Kier molecular flexibility index (Phi) is 4.97. The number of fused-ring (bicyclic) bond motifs is 2. The van der Waals surface area contributed by atoms with Crippen LogP contribution in [0, 0.1) is 29.1 Å². The van der Waals surface area contributed by atoms with E-state index in [2.05, 4.69) is 63.8 Å². The van der Waals surface area contributed by atoms with E-state index in [-0.39, 0.29) is 0 Å². The van der Waals surface area contributed by atoms with Crippen LogP contribution in [-0.4, -0.2) is 24.6 Å². The molecule has 0 aliphatic heterocycles. The van der Waals surface area contributed by atoms with Crippen molar-refractivity contribution in [1.82, 2.24) is 4.90 Å². The predicted octanol–water partition coefficient (Wildman–Crippen LogP) is 5.22. The zero-order valence-electron chi connectivity index (χ0n) is 16.4. The van der Waals surface area contributed by atoms with Crippen LogP contribution in [0.2, 0.25) is 0 Å². The summed E-state index contributed by atoms with van der Waals surface area (Å²) in [4.78, 5) is 2.77. The molecule has 3 aliphatic carbocycles. The van der Waals surface area contributed by atoms with Crippen molar-refractivity contribution in [2.24, 2.45) is 29.1 Å². The summed E-state index contributed by atoms with van der Waals surface area (Å²) in [5, 5.41) is 0. The van der Waals surface area contributed by atoms with Gasteiger partial charge in [0.1, 0.15) is 5.75 Å². The molecule has 0 amide bonds. The SMILES string of the molecule is COc1ccc(CN(CC(C)C)[C@@H]2C[C@@H]3C[C@H]([C@H]2C)C3(C)C)cc1. The lowest BCUT2D eigenvalue weighted by molar-refractivity contribution is -0.141. The van der Waals surface area contributed by atoms with Gasteiger partial charge < -0.3 is 4.74 Å². The molecule has 4 rings (SSSR count). The number of rotatable bonds is 6. The van der Waals surface area contributed by atoms with Gasteiger partial charge in [0, 0.05) is 19.1 Å². The fourth-order valence-electron chi connectivity index (χ4n) is 5.36. The van der Waals surface area contributed by atoms with Gasteiger partial charge in [-0.15, -0.1) is 0 Å². The van der Waals surface area contributed by atoms with Gasteiger partial charge in [0.05, 0.1) is 7.11 Å². The molecule has 2 heteroatoms. The van der Waals surface area contributed by atoms with Crippen molar-refractivity contribution in [3.05, 3.63) is 29.8 Å². The fourth-order valence-corrected chi connectivity index (χ4v) is 5.36. The molecule has 0 saturated heterocycles. The zero-order chi connectivity index (χ0) is 17.5. The summed E-state index contributed by atoms with van der Waals surface area (Å²) in [6.07, 6.45) is 2.84. The number of methoxy groups -OCH3 is 1. The van der Waals surface area contributed by atoms with Crippen molar-refractivity contribution in [3.63, 3.8) is 0 Å². The van der Waals surface area contributed by atoms with E-state index in [1.54, 1.807) is 7.11 Å². The summed E-state index contributed by atoms with van der Waals surface area (Å²) in [5.41, 5.74) is 1.97. The third kappa shape index (κ3) is 3.22. The summed E-state index contributed by atoms with van der Waals surface area (Å²) in [6, 6.07) is 9.38. The number of ether oxygens (including phenoxy) is 1. The molecule has 3 fully saturated rings. The molecule has 0 heterocycles. The van der Waals surface area contributed by atoms with Gasteiger partial charge in [0.25, 0.3) is 0 Å². The summed E-state index contributed by atoms with van der Waals surface area (Å²) < 4.78 is 5.30. The van der Waals surface area contributed by atoms with E-state index >= 15 is 0 Å². The molecule has 1 aromatic rings. The lowest BCUT2D eigenvalue weighted by Gasteiger charge is -2.63. The topological polar surface area (TPSA) is 12.5 Å². The first-order valence-corrected chi connectivity index (χ1v) is 9.70. The molecule has 0 N–H and O–H groups in total. The molecule has 0 aromatic heterocycles. The fraction of sp³-hybridized carbons (Fsp3) is 0.727. The van der Waals surface area contributed by atoms with Crippen molar-refractivity contribution in [1.29, 1.82) is 0 Å². The van der Waals surface area contributed by atoms with Crippen LogP contribution in [0.3, 0.4) is 0 Å². The van der Waals surface area contributed by atoms with Crippen LogP contribution >= 0.6 is 0 Å². The van der Waals surface area contributed by atoms with E-state index in [0.29, 0.717) is 11.3 Å². The third-order valence-corrected chi connectivity index (χ3v) is 6.93. The Labute approximate surface area is 148 Å². The van der Waals surface area contributed by atoms with Crippen LogP contribution < -0.4 is 4.74 Å². The minimum atomic E-state index is 0.569. The van der Waals surface area contributed by atoms with E-state index in [4.69, 9.17) is 4.74 Å². The maximum atomic E-state index is 5.30. The van der Waals surface area contributed by atoms with E-state index in [9.17, 15) is 0 Å². The monoisotopic (exact) mass is 329 g/mol. The first-order valence-electron chi connectivity index (χ1n) is 9.70. The van der Waals surface area contributed by atoms with Gasteiger partial charge in [-0.3, -0.25) is 4.90 Å². The first-order chi connectivity index (χ1) is 11.3. The molecule has 1 aromatic carbocycles. The van der Waals surface area contributed by atoms with E-state index in [1.807, 2.05) is 0 Å². The van der Waals surface area contributed by atoms with E-state index in [0.717, 1.165) is 36.1 Å². The number of hydrogen-bond acceptors (Lipinski definition) is 2. The maximum absolute atomic E-state index is 5.30. The Hall–Kier alpha value is -1.02. The highest BCUT2D eigenvalue weighted by Crippen LogP contribution is 2.62. The normalized spacial score (nSPS) is 31.2. The molecule has 2 nitrogen and oxygen atoms in total.